The van der Waals surface area contributed by atoms with Crippen molar-refractivity contribution in [3.05, 3.63) is 63.0 Å². The van der Waals surface area contributed by atoms with E-state index < -0.39 is 18.3 Å². The van der Waals surface area contributed by atoms with Gasteiger partial charge in [0.2, 0.25) is 0 Å². The number of fused-ring (bicyclic) bond motifs is 4. The van der Waals surface area contributed by atoms with Crippen LogP contribution < -0.4 is 20.4 Å². The number of hydrogen-bond donors (Lipinski definition) is 4. The van der Waals surface area contributed by atoms with Crippen LogP contribution in [0, 0.1) is 0 Å². The zero-order valence-corrected chi connectivity index (χ0v) is 21.0. The molecule has 3 aliphatic rings. The number of hydrogen-bond acceptors (Lipinski definition) is 8. The molecule has 1 aliphatic heterocycles. The largest absolute Gasteiger partial charge is 0.489 e. The Morgan fingerprint density at radius 3 is 2.59 bits per heavy atom. The Morgan fingerprint density at radius 2 is 1.89 bits per heavy atom. The molecule has 1 aromatic heterocycles. The third-order valence-electron chi connectivity index (χ3n) is 8.31. The summed E-state index contributed by atoms with van der Waals surface area (Å²) in [5, 5.41) is 30.7. The highest BCUT2D eigenvalue weighted by atomic mass is 16.5. The summed E-state index contributed by atoms with van der Waals surface area (Å²) in [7, 11) is 0. The van der Waals surface area contributed by atoms with E-state index in [0.717, 1.165) is 49.7 Å². The molecule has 2 heterocycles. The number of rotatable bonds is 6. The first-order valence-electron chi connectivity index (χ1n) is 13.2. The van der Waals surface area contributed by atoms with Gasteiger partial charge in [-0.2, -0.15) is 0 Å². The summed E-state index contributed by atoms with van der Waals surface area (Å²) < 4.78 is 19.1. The van der Waals surface area contributed by atoms with Gasteiger partial charge in [-0.15, -0.1) is 0 Å². The van der Waals surface area contributed by atoms with E-state index in [1.807, 2.05) is 19.1 Å². The van der Waals surface area contributed by atoms with Crippen LogP contribution in [0.3, 0.4) is 0 Å². The second-order valence-corrected chi connectivity index (χ2v) is 10.9. The quantitative estimate of drug-likeness (QED) is 0.352. The molecule has 0 unspecified atom stereocenters. The Bertz CT molecular complexity index is 1370. The Balaban J connectivity index is 1.54. The predicted molar refractivity (Wildman–Crippen MR) is 138 cm³/mol. The van der Waals surface area contributed by atoms with Gasteiger partial charge in [0.15, 0.2) is 5.43 Å². The van der Waals surface area contributed by atoms with Gasteiger partial charge in [0, 0.05) is 29.5 Å². The zero-order chi connectivity index (χ0) is 25.7. The van der Waals surface area contributed by atoms with Crippen molar-refractivity contribution in [2.75, 3.05) is 5.48 Å². The minimum Gasteiger partial charge on any atom is -0.489 e. The summed E-state index contributed by atoms with van der Waals surface area (Å²) in [6.07, 6.45) is 6.24. The lowest BCUT2D eigenvalue weighted by atomic mass is 9.74. The molecule has 0 spiro atoms. The lowest BCUT2D eigenvalue weighted by Crippen LogP contribution is -2.47. The van der Waals surface area contributed by atoms with E-state index in [2.05, 4.69) is 5.48 Å². The van der Waals surface area contributed by atoms with Crippen molar-refractivity contribution in [2.45, 2.75) is 88.6 Å². The van der Waals surface area contributed by atoms with Gasteiger partial charge < -0.3 is 24.1 Å². The standard InChI is InChI=1S/C29H33NO7/c1-29(33)12-4-7-19-24-21(37-28(19)29)14-22-25(27(24)35-18-5-2-3-6-18)26(32)20(23(15-31)36-22)13-16-8-10-17(30-34)11-9-16/h8-11,14,18-19,28,30-31,33-34H,2-7,12-13,15H2,1H3/t19-,28-,29-/m0/s1. The average Bonchev–Trinajstić information content (AvgIpc) is 3.54. The second kappa shape index (κ2) is 9.35. The van der Waals surface area contributed by atoms with Crippen LogP contribution in [0.15, 0.2) is 39.5 Å². The van der Waals surface area contributed by atoms with Gasteiger partial charge in [-0.25, -0.2) is 0 Å². The lowest BCUT2D eigenvalue weighted by Gasteiger charge is -2.37. The molecule has 2 saturated carbocycles. The van der Waals surface area contributed by atoms with E-state index >= 15 is 0 Å². The van der Waals surface area contributed by atoms with Crippen LogP contribution in [-0.2, 0) is 13.0 Å². The van der Waals surface area contributed by atoms with Gasteiger partial charge >= 0.3 is 0 Å². The van der Waals surface area contributed by atoms with Gasteiger partial charge in [-0.1, -0.05) is 12.1 Å². The number of anilines is 1. The molecule has 8 nitrogen and oxygen atoms in total. The third kappa shape index (κ3) is 4.17. The molecule has 8 heteroatoms. The van der Waals surface area contributed by atoms with Gasteiger partial charge in [0.25, 0.3) is 0 Å². The first-order chi connectivity index (χ1) is 17.9. The summed E-state index contributed by atoms with van der Waals surface area (Å²) in [6.45, 7) is 1.39. The first kappa shape index (κ1) is 24.3. The minimum atomic E-state index is -0.979. The molecule has 2 aliphatic carbocycles. The van der Waals surface area contributed by atoms with Gasteiger partial charge in [0.1, 0.15) is 40.9 Å². The fraction of sp³-hybridized carbons (Fsp3) is 0.483. The predicted octanol–water partition coefficient (Wildman–Crippen LogP) is 4.78. The van der Waals surface area contributed by atoms with Crippen molar-refractivity contribution in [3.8, 4) is 11.5 Å². The topological polar surface area (TPSA) is 121 Å². The van der Waals surface area contributed by atoms with Crippen LogP contribution in [-0.4, -0.2) is 33.2 Å². The summed E-state index contributed by atoms with van der Waals surface area (Å²) in [6, 6.07) is 8.77. The molecule has 0 saturated heterocycles. The van der Waals surface area contributed by atoms with Crippen LogP contribution in [0.25, 0.3) is 11.0 Å². The highest BCUT2D eigenvalue weighted by Crippen LogP contribution is 2.54. The number of ether oxygens (including phenoxy) is 2. The molecule has 37 heavy (non-hydrogen) atoms. The molecule has 3 atom stereocenters. The van der Waals surface area contributed by atoms with Gasteiger partial charge in [0.05, 0.1) is 17.4 Å². The number of benzene rings is 2. The first-order valence-corrected chi connectivity index (χ1v) is 13.2. The molecule has 6 rings (SSSR count). The van der Waals surface area contributed by atoms with Crippen LogP contribution >= 0.6 is 0 Å². The van der Waals surface area contributed by atoms with Crippen molar-refractivity contribution in [3.63, 3.8) is 0 Å². The fourth-order valence-corrected chi connectivity index (χ4v) is 6.40. The van der Waals surface area contributed by atoms with E-state index in [-0.39, 0.29) is 29.6 Å². The Labute approximate surface area is 214 Å². The van der Waals surface area contributed by atoms with E-state index in [1.165, 1.54) is 0 Å². The summed E-state index contributed by atoms with van der Waals surface area (Å²) in [4.78, 5) is 14.1. The number of aliphatic hydroxyl groups excluding tert-OH is 1. The molecule has 2 fully saturated rings. The number of aliphatic hydroxyl groups is 2. The van der Waals surface area contributed by atoms with Crippen molar-refractivity contribution in [2.24, 2.45) is 0 Å². The molecule has 2 aromatic carbocycles. The molecule has 3 aromatic rings. The van der Waals surface area contributed by atoms with Gasteiger partial charge in [-0.3, -0.25) is 15.5 Å². The van der Waals surface area contributed by atoms with Crippen molar-refractivity contribution in [1.82, 2.24) is 0 Å². The van der Waals surface area contributed by atoms with Crippen LogP contribution in [0.4, 0.5) is 5.69 Å². The van der Waals surface area contributed by atoms with E-state index in [0.29, 0.717) is 40.1 Å². The Morgan fingerprint density at radius 1 is 1.14 bits per heavy atom. The SMILES string of the molecule is C[C@]1(O)CCC[C@H]2c3c(cc4oc(CO)c(Cc5ccc(NO)cc5)c(=O)c4c3OC3CCCC3)O[C@@H]21. The van der Waals surface area contributed by atoms with E-state index in [1.54, 1.807) is 18.2 Å². The highest BCUT2D eigenvalue weighted by Gasteiger charge is 2.50. The third-order valence-corrected chi connectivity index (χ3v) is 8.31. The van der Waals surface area contributed by atoms with Crippen LogP contribution in [0.1, 0.15) is 80.2 Å². The lowest BCUT2D eigenvalue weighted by molar-refractivity contribution is -0.0725. The molecule has 0 bridgehead atoms. The zero-order valence-electron chi connectivity index (χ0n) is 21.0. The van der Waals surface area contributed by atoms with Crippen molar-refractivity contribution < 1.29 is 29.3 Å². The van der Waals surface area contributed by atoms with E-state index in [9.17, 15) is 15.0 Å². The summed E-state index contributed by atoms with van der Waals surface area (Å²) in [5.41, 5.74) is 3.84. The maximum absolute atomic E-state index is 14.1. The Kier molecular flexibility index (Phi) is 6.13. The average molecular weight is 508 g/mol. The summed E-state index contributed by atoms with van der Waals surface area (Å²) in [5.74, 6) is 1.24. The van der Waals surface area contributed by atoms with Gasteiger partial charge in [-0.05, 0) is 69.6 Å². The van der Waals surface area contributed by atoms with Crippen molar-refractivity contribution in [1.29, 1.82) is 0 Å². The molecule has 0 amide bonds. The van der Waals surface area contributed by atoms with Crippen LogP contribution in [0.5, 0.6) is 11.5 Å². The minimum absolute atomic E-state index is 0.0109. The second-order valence-electron chi connectivity index (χ2n) is 10.9. The fourth-order valence-electron chi connectivity index (χ4n) is 6.40. The smallest absolute Gasteiger partial charge is 0.200 e. The number of nitrogens with one attached hydrogen (secondary N) is 1. The highest BCUT2D eigenvalue weighted by molar-refractivity contribution is 5.89. The van der Waals surface area contributed by atoms with Crippen molar-refractivity contribution >= 4 is 16.7 Å². The molecular weight excluding hydrogens is 474 g/mol. The summed E-state index contributed by atoms with van der Waals surface area (Å²) >= 11 is 0. The van der Waals surface area contributed by atoms with E-state index in [4.69, 9.17) is 19.1 Å². The molecular formula is C29H33NO7. The molecule has 0 radical (unpaired) electrons. The maximum Gasteiger partial charge on any atom is 0.200 e. The Hall–Kier alpha value is -3.07. The molecule has 196 valence electrons. The maximum atomic E-state index is 14.1. The molecule has 4 N–H and O–H groups in total. The normalized spacial score (nSPS) is 25.1. The van der Waals surface area contributed by atoms with Crippen LogP contribution in [0.2, 0.25) is 0 Å². The monoisotopic (exact) mass is 507 g/mol.